The number of nitrogens with zero attached hydrogens (tertiary/aromatic N) is 4. The molecule has 0 aromatic heterocycles. The summed E-state index contributed by atoms with van der Waals surface area (Å²) < 4.78 is 0. The first-order chi connectivity index (χ1) is 14.0. The molecule has 0 spiro atoms. The summed E-state index contributed by atoms with van der Waals surface area (Å²) in [6, 6.07) is 15.7. The van der Waals surface area contributed by atoms with Crippen LogP contribution in [0.15, 0.2) is 53.5 Å². The number of carbonyl (C=O) groups is 1. The molecule has 0 unspecified atom stereocenters. The van der Waals surface area contributed by atoms with E-state index in [9.17, 15) is 4.79 Å². The number of aliphatic imine (C=N–C) groups is 1. The molecule has 1 aliphatic heterocycles. The molecule has 154 valence electrons. The molecule has 0 saturated carbocycles. The van der Waals surface area contributed by atoms with Crippen molar-refractivity contribution in [3.63, 3.8) is 0 Å². The van der Waals surface area contributed by atoms with Crippen molar-refractivity contribution in [1.29, 1.82) is 0 Å². The maximum absolute atomic E-state index is 12.0. The topological polar surface area (TPSA) is 51.2 Å². The zero-order chi connectivity index (χ0) is 20.8. The van der Waals surface area contributed by atoms with Crippen molar-refractivity contribution in [1.82, 2.24) is 15.1 Å². The molecule has 6 nitrogen and oxygen atoms in total. The van der Waals surface area contributed by atoms with Gasteiger partial charge in [-0.25, -0.2) is 0 Å². The minimum atomic E-state index is 0.0108. The number of anilines is 1. The predicted molar refractivity (Wildman–Crippen MR) is 120 cm³/mol. The van der Waals surface area contributed by atoms with E-state index in [4.69, 9.17) is 11.6 Å². The summed E-state index contributed by atoms with van der Waals surface area (Å²) in [4.78, 5) is 22.6. The Morgan fingerprint density at radius 2 is 1.72 bits per heavy atom. The van der Waals surface area contributed by atoms with E-state index < -0.39 is 0 Å². The van der Waals surface area contributed by atoms with Gasteiger partial charge < -0.3 is 20.0 Å². The molecule has 3 rings (SSSR count). The van der Waals surface area contributed by atoms with Crippen molar-refractivity contribution in [2.45, 2.75) is 6.54 Å². The molecule has 0 radical (unpaired) electrons. The van der Waals surface area contributed by atoms with E-state index >= 15 is 0 Å². The number of piperazine rings is 1. The van der Waals surface area contributed by atoms with Crippen LogP contribution in [0.5, 0.6) is 0 Å². The Bertz CT molecular complexity index is 858. The number of hydrogen-bond donors (Lipinski definition) is 1. The maximum Gasteiger partial charge on any atom is 0.253 e. The highest BCUT2D eigenvalue weighted by Crippen LogP contribution is 2.26. The van der Waals surface area contributed by atoms with E-state index in [0.29, 0.717) is 12.1 Å². The number of nitrogens with one attached hydrogen (secondary N) is 1. The molecule has 2 aromatic carbocycles. The third-order valence-electron chi connectivity index (χ3n) is 5.04. The Labute approximate surface area is 177 Å². The van der Waals surface area contributed by atoms with Gasteiger partial charge in [0.15, 0.2) is 5.96 Å². The van der Waals surface area contributed by atoms with Crippen molar-refractivity contribution < 1.29 is 4.79 Å². The van der Waals surface area contributed by atoms with Crippen LogP contribution in [0.25, 0.3) is 0 Å². The summed E-state index contributed by atoms with van der Waals surface area (Å²) in [5.41, 5.74) is 2.89. The van der Waals surface area contributed by atoms with Crippen LogP contribution in [0, 0.1) is 0 Å². The van der Waals surface area contributed by atoms with Crippen LogP contribution in [0.4, 0.5) is 5.69 Å². The lowest BCUT2D eigenvalue weighted by Crippen LogP contribution is -2.52. The van der Waals surface area contributed by atoms with Gasteiger partial charge >= 0.3 is 0 Å². The molecule has 1 fully saturated rings. The largest absolute Gasteiger partial charge is 0.367 e. The second-order valence-corrected chi connectivity index (χ2v) is 7.63. The molecule has 1 aliphatic rings. The number of guanidine groups is 1. The molecular weight excluding hydrogens is 386 g/mol. The fraction of sp³-hybridized carbons (Fsp3) is 0.364. The van der Waals surface area contributed by atoms with Crippen LogP contribution in [0.3, 0.4) is 0 Å². The SMILES string of the molecule is CN=C(NCc1ccc(C(=O)N(C)C)cc1)N1CCN(c2ccccc2Cl)CC1. The van der Waals surface area contributed by atoms with E-state index in [1.165, 1.54) is 0 Å². The summed E-state index contributed by atoms with van der Waals surface area (Å²) in [5, 5.41) is 4.22. The summed E-state index contributed by atoms with van der Waals surface area (Å²) in [7, 11) is 5.32. The first kappa shape index (κ1) is 21.0. The lowest BCUT2D eigenvalue weighted by Gasteiger charge is -2.38. The van der Waals surface area contributed by atoms with Gasteiger partial charge in [0.2, 0.25) is 0 Å². The van der Waals surface area contributed by atoms with Gasteiger partial charge in [0.25, 0.3) is 5.91 Å². The van der Waals surface area contributed by atoms with Gasteiger partial charge in [-0.3, -0.25) is 9.79 Å². The smallest absolute Gasteiger partial charge is 0.253 e. The zero-order valence-corrected chi connectivity index (χ0v) is 18.0. The Kier molecular flexibility index (Phi) is 6.99. The zero-order valence-electron chi connectivity index (χ0n) is 17.2. The standard InChI is InChI=1S/C22H28ClN5O/c1-24-22(25-16-17-8-10-18(11-9-17)21(29)26(2)3)28-14-12-27(13-15-28)20-7-5-4-6-19(20)23/h4-11H,12-16H2,1-3H3,(H,24,25). The molecule has 1 N–H and O–H groups in total. The number of halogens is 1. The van der Waals surface area contributed by atoms with E-state index in [0.717, 1.165) is 48.4 Å². The van der Waals surface area contributed by atoms with E-state index in [1.807, 2.05) is 49.5 Å². The molecule has 1 heterocycles. The number of carbonyl (C=O) groups excluding carboxylic acids is 1. The molecule has 0 aliphatic carbocycles. The first-order valence-corrected chi connectivity index (χ1v) is 10.1. The molecule has 0 atom stereocenters. The highest BCUT2D eigenvalue weighted by Gasteiger charge is 2.21. The van der Waals surface area contributed by atoms with Gasteiger partial charge in [0.1, 0.15) is 0 Å². The average Bonchev–Trinajstić information content (AvgIpc) is 2.75. The van der Waals surface area contributed by atoms with Crippen LogP contribution < -0.4 is 10.2 Å². The Hall–Kier alpha value is -2.73. The number of rotatable bonds is 4. The molecular formula is C22H28ClN5O. The highest BCUT2D eigenvalue weighted by atomic mass is 35.5. The Balaban J connectivity index is 1.54. The molecule has 29 heavy (non-hydrogen) atoms. The number of amides is 1. The van der Waals surface area contributed by atoms with E-state index in [1.54, 1.807) is 19.0 Å². The van der Waals surface area contributed by atoms with Crippen LogP contribution in [-0.4, -0.2) is 69.0 Å². The lowest BCUT2D eigenvalue weighted by molar-refractivity contribution is 0.0827. The van der Waals surface area contributed by atoms with Crippen molar-refractivity contribution >= 4 is 29.2 Å². The van der Waals surface area contributed by atoms with E-state index in [2.05, 4.69) is 26.2 Å². The summed E-state index contributed by atoms with van der Waals surface area (Å²) in [5.74, 6) is 0.897. The van der Waals surface area contributed by atoms with Crippen LogP contribution in [0.2, 0.25) is 5.02 Å². The Morgan fingerprint density at radius 1 is 1.07 bits per heavy atom. The average molecular weight is 414 g/mol. The van der Waals surface area contributed by atoms with Crippen molar-refractivity contribution in [2.24, 2.45) is 4.99 Å². The minimum Gasteiger partial charge on any atom is -0.367 e. The maximum atomic E-state index is 12.0. The molecule has 0 bridgehead atoms. The normalized spacial score (nSPS) is 14.7. The fourth-order valence-electron chi connectivity index (χ4n) is 3.40. The highest BCUT2D eigenvalue weighted by molar-refractivity contribution is 6.33. The number of benzene rings is 2. The van der Waals surface area contributed by atoms with E-state index in [-0.39, 0.29) is 5.91 Å². The predicted octanol–water partition coefficient (Wildman–Crippen LogP) is 2.94. The third-order valence-corrected chi connectivity index (χ3v) is 5.36. The lowest BCUT2D eigenvalue weighted by atomic mass is 10.1. The third kappa shape index (κ3) is 5.21. The molecule has 1 saturated heterocycles. The number of para-hydroxylation sites is 1. The van der Waals surface area contributed by atoms with Crippen LogP contribution in [0.1, 0.15) is 15.9 Å². The monoisotopic (exact) mass is 413 g/mol. The quantitative estimate of drug-likeness (QED) is 0.618. The Morgan fingerprint density at radius 3 is 2.31 bits per heavy atom. The van der Waals surface area contributed by atoms with Gasteiger partial charge in [-0.2, -0.15) is 0 Å². The summed E-state index contributed by atoms with van der Waals surface area (Å²) >= 11 is 6.33. The van der Waals surface area contributed by atoms with Crippen molar-refractivity contribution in [2.75, 3.05) is 52.2 Å². The van der Waals surface area contributed by atoms with Crippen molar-refractivity contribution in [3.05, 3.63) is 64.7 Å². The molecule has 2 aromatic rings. The number of hydrogen-bond acceptors (Lipinski definition) is 3. The van der Waals surface area contributed by atoms with Gasteiger partial charge in [-0.15, -0.1) is 0 Å². The van der Waals surface area contributed by atoms with Crippen LogP contribution in [-0.2, 0) is 6.54 Å². The second kappa shape index (κ2) is 9.65. The van der Waals surface area contributed by atoms with Gasteiger partial charge in [-0.1, -0.05) is 35.9 Å². The molecule has 1 amide bonds. The van der Waals surface area contributed by atoms with Gasteiger partial charge in [0.05, 0.1) is 10.7 Å². The minimum absolute atomic E-state index is 0.0108. The first-order valence-electron chi connectivity index (χ1n) is 9.75. The summed E-state index contributed by atoms with van der Waals surface area (Å²) in [6.45, 7) is 4.20. The van der Waals surface area contributed by atoms with Crippen molar-refractivity contribution in [3.8, 4) is 0 Å². The molecule has 7 heteroatoms. The van der Waals surface area contributed by atoms with Crippen LogP contribution >= 0.6 is 11.6 Å². The van der Waals surface area contributed by atoms with Gasteiger partial charge in [-0.05, 0) is 29.8 Å². The second-order valence-electron chi connectivity index (χ2n) is 7.22. The fourth-order valence-corrected chi connectivity index (χ4v) is 3.66. The van der Waals surface area contributed by atoms with Gasteiger partial charge in [0, 0.05) is 59.4 Å². The summed E-state index contributed by atoms with van der Waals surface area (Å²) in [6.07, 6.45) is 0.